The van der Waals surface area contributed by atoms with E-state index in [0.717, 1.165) is 50.5 Å². The van der Waals surface area contributed by atoms with Crippen molar-refractivity contribution in [3.63, 3.8) is 0 Å². The number of H-pyrrole nitrogens is 1. The Labute approximate surface area is 156 Å². The molecule has 0 bridgehead atoms. The molecule has 1 saturated heterocycles. The molecule has 0 saturated carbocycles. The second kappa shape index (κ2) is 9.37. The minimum Gasteiger partial charge on any atom is -0.344 e. The predicted molar refractivity (Wildman–Crippen MR) is 104 cm³/mol. The van der Waals surface area contributed by atoms with Crippen LogP contribution in [0.25, 0.3) is 0 Å². The van der Waals surface area contributed by atoms with Crippen LogP contribution >= 0.6 is 11.6 Å². The van der Waals surface area contributed by atoms with Gasteiger partial charge in [-0.3, -0.25) is 4.90 Å². The summed E-state index contributed by atoms with van der Waals surface area (Å²) in [6.07, 6.45) is 5.67. The van der Waals surface area contributed by atoms with Gasteiger partial charge in [-0.05, 0) is 37.9 Å². The predicted octanol–water partition coefficient (Wildman–Crippen LogP) is 4.16. The monoisotopic (exact) mass is 360 g/mol. The molecule has 1 fully saturated rings. The molecule has 5 heteroatoms. The van der Waals surface area contributed by atoms with Crippen LogP contribution in [0.3, 0.4) is 0 Å². The van der Waals surface area contributed by atoms with Gasteiger partial charge in [-0.25, -0.2) is 4.98 Å². The maximum absolute atomic E-state index is 6.26. The first kappa shape index (κ1) is 18.4. The number of hydrogen-bond donors (Lipinski definition) is 2. The number of halogens is 1. The van der Waals surface area contributed by atoms with Gasteiger partial charge in [-0.15, -0.1) is 0 Å². The third kappa shape index (κ3) is 5.56. The molecule has 1 aliphatic rings. The van der Waals surface area contributed by atoms with E-state index in [-0.39, 0.29) is 0 Å². The minimum atomic E-state index is 0.561. The Kier molecular flexibility index (Phi) is 6.91. The van der Waals surface area contributed by atoms with Crippen LogP contribution in [-0.2, 0) is 19.5 Å². The second-order valence-corrected chi connectivity index (χ2v) is 7.33. The fraction of sp³-hybridized carbons (Fsp3) is 0.550. The Morgan fingerprint density at radius 2 is 2.00 bits per heavy atom. The number of nitrogens with zero attached hydrogens (tertiary/aromatic N) is 2. The molecule has 2 N–H and O–H groups in total. The lowest BCUT2D eigenvalue weighted by molar-refractivity contribution is 0.190. The number of unbranched alkanes of at least 4 members (excludes halogenated alkanes) is 1. The van der Waals surface area contributed by atoms with Gasteiger partial charge >= 0.3 is 0 Å². The first-order valence-electron chi connectivity index (χ1n) is 9.47. The third-order valence-electron chi connectivity index (χ3n) is 4.95. The van der Waals surface area contributed by atoms with Gasteiger partial charge in [-0.1, -0.05) is 55.3 Å². The van der Waals surface area contributed by atoms with E-state index in [1.54, 1.807) is 0 Å². The average molecular weight is 361 g/mol. The number of aromatic nitrogens is 2. The van der Waals surface area contributed by atoms with Crippen LogP contribution in [0, 0.1) is 0 Å². The standard InChI is InChI=1S/C20H29ClN4/c1-2-3-9-19-23-18(20(21)24-19)14-22-17-10-12-25(13-11-17)15-16-7-5-4-6-8-16/h4-8,17,22H,2-3,9-15H2,1H3,(H,23,24). The summed E-state index contributed by atoms with van der Waals surface area (Å²) in [6, 6.07) is 11.3. The SMILES string of the molecule is CCCCc1nc(Cl)c(CNC2CCN(Cc3ccccc3)CC2)[nH]1. The molecule has 0 spiro atoms. The summed E-state index contributed by atoms with van der Waals surface area (Å²) in [5.41, 5.74) is 2.43. The highest BCUT2D eigenvalue weighted by atomic mass is 35.5. The first-order chi connectivity index (χ1) is 12.2. The van der Waals surface area contributed by atoms with Crippen molar-refractivity contribution in [3.05, 3.63) is 52.6 Å². The molecule has 0 radical (unpaired) electrons. The van der Waals surface area contributed by atoms with E-state index in [9.17, 15) is 0 Å². The number of nitrogens with one attached hydrogen (secondary N) is 2. The Hall–Kier alpha value is -1.36. The highest BCUT2D eigenvalue weighted by Crippen LogP contribution is 2.17. The zero-order valence-electron chi connectivity index (χ0n) is 15.1. The largest absolute Gasteiger partial charge is 0.344 e. The average Bonchev–Trinajstić information content (AvgIpc) is 3.00. The number of benzene rings is 1. The van der Waals surface area contributed by atoms with Crippen LogP contribution in [0.4, 0.5) is 0 Å². The summed E-state index contributed by atoms with van der Waals surface area (Å²) < 4.78 is 0. The summed E-state index contributed by atoms with van der Waals surface area (Å²) in [4.78, 5) is 10.4. The molecule has 0 atom stereocenters. The van der Waals surface area contributed by atoms with Crippen LogP contribution < -0.4 is 5.32 Å². The van der Waals surface area contributed by atoms with Gasteiger partial charge in [0.05, 0.1) is 5.69 Å². The summed E-state index contributed by atoms with van der Waals surface area (Å²) in [5, 5.41) is 4.28. The van der Waals surface area contributed by atoms with E-state index in [4.69, 9.17) is 11.6 Å². The fourth-order valence-electron chi connectivity index (χ4n) is 3.40. The lowest BCUT2D eigenvalue weighted by Crippen LogP contribution is -2.41. The third-order valence-corrected chi connectivity index (χ3v) is 5.26. The van der Waals surface area contributed by atoms with Crippen LogP contribution in [0.15, 0.2) is 30.3 Å². The van der Waals surface area contributed by atoms with Gasteiger partial charge in [0.15, 0.2) is 5.15 Å². The smallest absolute Gasteiger partial charge is 0.151 e. The van der Waals surface area contributed by atoms with E-state index in [0.29, 0.717) is 11.2 Å². The molecule has 1 aromatic heterocycles. The number of hydrogen-bond acceptors (Lipinski definition) is 3. The highest BCUT2D eigenvalue weighted by molar-refractivity contribution is 6.30. The highest BCUT2D eigenvalue weighted by Gasteiger charge is 2.19. The van der Waals surface area contributed by atoms with E-state index in [1.165, 1.54) is 24.8 Å². The lowest BCUT2D eigenvalue weighted by Gasteiger charge is -2.32. The maximum atomic E-state index is 6.26. The summed E-state index contributed by atoms with van der Waals surface area (Å²) >= 11 is 6.26. The van der Waals surface area contributed by atoms with Crippen molar-refractivity contribution in [1.82, 2.24) is 20.2 Å². The molecular formula is C20H29ClN4. The Bertz CT molecular complexity index is 632. The molecule has 0 unspecified atom stereocenters. The van der Waals surface area contributed by atoms with Crippen molar-refractivity contribution in [1.29, 1.82) is 0 Å². The van der Waals surface area contributed by atoms with Gasteiger partial charge in [0.25, 0.3) is 0 Å². The molecule has 0 amide bonds. The number of piperidine rings is 1. The quantitative estimate of drug-likeness (QED) is 0.742. The number of aromatic amines is 1. The molecule has 0 aliphatic carbocycles. The summed E-state index contributed by atoms with van der Waals surface area (Å²) in [5.74, 6) is 1.02. The summed E-state index contributed by atoms with van der Waals surface area (Å²) in [6.45, 7) is 6.31. The Balaban J connectivity index is 1.41. The normalized spacial score (nSPS) is 16.4. The molecule has 2 aromatic rings. The minimum absolute atomic E-state index is 0.561. The van der Waals surface area contributed by atoms with Gasteiger partial charge < -0.3 is 10.3 Å². The van der Waals surface area contributed by atoms with Crippen molar-refractivity contribution in [2.24, 2.45) is 0 Å². The van der Waals surface area contributed by atoms with Crippen molar-refractivity contribution in [2.75, 3.05) is 13.1 Å². The molecule has 3 rings (SSSR count). The van der Waals surface area contributed by atoms with Crippen LogP contribution in [0.5, 0.6) is 0 Å². The zero-order chi connectivity index (χ0) is 17.5. The van der Waals surface area contributed by atoms with E-state index in [1.807, 2.05) is 0 Å². The van der Waals surface area contributed by atoms with Crippen molar-refractivity contribution < 1.29 is 0 Å². The number of imidazole rings is 1. The van der Waals surface area contributed by atoms with Gasteiger partial charge in [-0.2, -0.15) is 0 Å². The fourth-order valence-corrected chi connectivity index (χ4v) is 3.62. The zero-order valence-corrected chi connectivity index (χ0v) is 15.9. The van der Waals surface area contributed by atoms with E-state index >= 15 is 0 Å². The molecule has 1 aromatic carbocycles. The molecule has 1 aliphatic heterocycles. The molecule has 136 valence electrons. The van der Waals surface area contributed by atoms with Crippen LogP contribution in [0.2, 0.25) is 5.15 Å². The van der Waals surface area contributed by atoms with Gasteiger partial charge in [0, 0.05) is 25.6 Å². The van der Waals surface area contributed by atoms with E-state index < -0.39 is 0 Å². The first-order valence-corrected chi connectivity index (χ1v) is 9.85. The molecule has 25 heavy (non-hydrogen) atoms. The Morgan fingerprint density at radius 3 is 2.72 bits per heavy atom. The maximum Gasteiger partial charge on any atom is 0.151 e. The second-order valence-electron chi connectivity index (χ2n) is 6.97. The van der Waals surface area contributed by atoms with E-state index in [2.05, 4.69) is 57.4 Å². The summed E-state index contributed by atoms with van der Waals surface area (Å²) in [7, 11) is 0. The van der Waals surface area contributed by atoms with Crippen molar-refractivity contribution >= 4 is 11.6 Å². The molecule has 2 heterocycles. The van der Waals surface area contributed by atoms with Gasteiger partial charge in [0.1, 0.15) is 5.82 Å². The number of rotatable bonds is 8. The van der Waals surface area contributed by atoms with Crippen LogP contribution in [0.1, 0.15) is 49.7 Å². The lowest BCUT2D eigenvalue weighted by atomic mass is 10.0. The van der Waals surface area contributed by atoms with Crippen LogP contribution in [-0.4, -0.2) is 34.0 Å². The Morgan fingerprint density at radius 1 is 1.24 bits per heavy atom. The van der Waals surface area contributed by atoms with Crippen molar-refractivity contribution in [2.45, 2.75) is 58.2 Å². The molecular weight excluding hydrogens is 332 g/mol. The van der Waals surface area contributed by atoms with Gasteiger partial charge in [0.2, 0.25) is 0 Å². The number of aryl methyl sites for hydroxylation is 1. The molecule has 4 nitrogen and oxygen atoms in total. The number of likely N-dealkylation sites (tertiary alicyclic amines) is 1. The topological polar surface area (TPSA) is 44.0 Å². The van der Waals surface area contributed by atoms with Crippen molar-refractivity contribution in [3.8, 4) is 0 Å².